The number of nitrogens with zero attached hydrogens (tertiary/aromatic N) is 2. The Hall–Kier alpha value is -0.830. The Morgan fingerprint density at radius 2 is 1.71 bits per heavy atom. The van der Waals surface area contributed by atoms with Gasteiger partial charge in [0.25, 0.3) is 0 Å². The van der Waals surface area contributed by atoms with Crippen LogP contribution in [0, 0.1) is 0 Å². The van der Waals surface area contributed by atoms with Crippen molar-refractivity contribution in [3.8, 4) is 0 Å². The molecule has 0 saturated heterocycles. The van der Waals surface area contributed by atoms with Crippen LogP contribution in [0.4, 0.5) is 0 Å². The fraction of sp³-hybridized carbons (Fsp3) is 0.500. The summed E-state index contributed by atoms with van der Waals surface area (Å²) in [5, 5.41) is 0. The van der Waals surface area contributed by atoms with Gasteiger partial charge in [0, 0.05) is 25.9 Å². The third kappa shape index (κ3) is 6.64. The monoisotopic (exact) mass is 425 g/mol. The number of halogens is 1. The molecule has 1 aromatic carbocycles. The van der Waals surface area contributed by atoms with Gasteiger partial charge < -0.3 is 10.6 Å². The highest BCUT2D eigenvalue weighted by Gasteiger charge is 2.06. The van der Waals surface area contributed by atoms with Gasteiger partial charge in [0.15, 0.2) is 15.8 Å². The van der Waals surface area contributed by atoms with Crippen LogP contribution in [0.1, 0.15) is 19.4 Å². The molecule has 0 amide bonds. The maximum absolute atomic E-state index is 11.3. The Labute approximate surface area is 144 Å². The summed E-state index contributed by atoms with van der Waals surface area (Å²) in [6.45, 7) is 6.36. The second-order valence-corrected chi connectivity index (χ2v) is 6.59. The van der Waals surface area contributed by atoms with Crippen molar-refractivity contribution in [2.45, 2.75) is 25.2 Å². The SMILES string of the molecule is CCN(CC)C(N)=NCCc1ccc(S(C)(=O)=O)cc1.I. The summed E-state index contributed by atoms with van der Waals surface area (Å²) in [6, 6.07) is 6.89. The van der Waals surface area contributed by atoms with Crippen molar-refractivity contribution in [2.75, 3.05) is 25.9 Å². The summed E-state index contributed by atoms with van der Waals surface area (Å²) >= 11 is 0. The average molecular weight is 425 g/mol. The van der Waals surface area contributed by atoms with Crippen molar-refractivity contribution in [3.05, 3.63) is 29.8 Å². The van der Waals surface area contributed by atoms with E-state index in [4.69, 9.17) is 5.73 Å². The van der Waals surface area contributed by atoms with Gasteiger partial charge >= 0.3 is 0 Å². The molecule has 0 spiro atoms. The summed E-state index contributed by atoms with van der Waals surface area (Å²) in [5.41, 5.74) is 6.93. The smallest absolute Gasteiger partial charge is 0.191 e. The number of hydrogen-bond acceptors (Lipinski definition) is 3. The Kier molecular flexibility index (Phi) is 8.88. The van der Waals surface area contributed by atoms with E-state index in [1.807, 2.05) is 30.9 Å². The fourth-order valence-corrected chi connectivity index (χ4v) is 2.48. The first kappa shape index (κ1) is 20.2. The van der Waals surface area contributed by atoms with Crippen molar-refractivity contribution in [3.63, 3.8) is 0 Å². The zero-order valence-corrected chi connectivity index (χ0v) is 15.9. The second kappa shape index (κ2) is 9.24. The number of sulfone groups is 1. The molecule has 0 aliphatic rings. The summed E-state index contributed by atoms with van der Waals surface area (Å²) in [4.78, 5) is 6.67. The van der Waals surface area contributed by atoms with Crippen LogP contribution in [0.25, 0.3) is 0 Å². The second-order valence-electron chi connectivity index (χ2n) is 4.58. The number of nitrogens with two attached hydrogens (primary N) is 1. The van der Waals surface area contributed by atoms with Gasteiger partial charge in [-0.15, -0.1) is 24.0 Å². The van der Waals surface area contributed by atoms with E-state index in [-0.39, 0.29) is 24.0 Å². The number of aliphatic imine (C=N–C) groups is 1. The van der Waals surface area contributed by atoms with Gasteiger partial charge in [-0.1, -0.05) is 12.1 Å². The van der Waals surface area contributed by atoms with Gasteiger partial charge in [-0.2, -0.15) is 0 Å². The first-order chi connectivity index (χ1) is 9.38. The van der Waals surface area contributed by atoms with Crippen molar-refractivity contribution >= 4 is 39.8 Å². The minimum atomic E-state index is -3.13. The van der Waals surface area contributed by atoms with Crippen LogP contribution in [0.2, 0.25) is 0 Å². The van der Waals surface area contributed by atoms with Crippen molar-refractivity contribution < 1.29 is 8.42 Å². The normalized spacial score (nSPS) is 11.9. The molecule has 5 nitrogen and oxygen atoms in total. The summed E-state index contributed by atoms with van der Waals surface area (Å²) < 4.78 is 22.7. The van der Waals surface area contributed by atoms with E-state index in [9.17, 15) is 8.42 Å². The first-order valence-corrected chi connectivity index (χ1v) is 8.61. The zero-order chi connectivity index (χ0) is 15.2. The quantitative estimate of drug-likeness (QED) is 0.429. The van der Waals surface area contributed by atoms with Crippen LogP contribution in [-0.2, 0) is 16.3 Å². The molecule has 0 aliphatic carbocycles. The minimum Gasteiger partial charge on any atom is -0.370 e. The molecule has 0 aromatic heterocycles. The molecule has 0 aliphatic heterocycles. The lowest BCUT2D eigenvalue weighted by Gasteiger charge is -2.19. The Morgan fingerprint density at radius 3 is 2.14 bits per heavy atom. The highest BCUT2D eigenvalue weighted by atomic mass is 127. The molecule has 21 heavy (non-hydrogen) atoms. The number of rotatable bonds is 6. The number of guanidine groups is 1. The predicted octanol–water partition coefficient (Wildman–Crippen LogP) is 1.91. The highest BCUT2D eigenvalue weighted by molar-refractivity contribution is 14.0. The Balaban J connectivity index is 0.00000400. The average Bonchev–Trinajstić information content (AvgIpc) is 2.39. The topological polar surface area (TPSA) is 75.8 Å². The van der Waals surface area contributed by atoms with E-state index in [1.165, 1.54) is 6.26 Å². The minimum absolute atomic E-state index is 0. The molecule has 0 fully saturated rings. The lowest BCUT2D eigenvalue weighted by Crippen LogP contribution is -2.37. The molecule has 0 saturated carbocycles. The molecular formula is C14H24IN3O2S. The Bertz CT molecular complexity index is 552. The molecule has 0 heterocycles. The van der Waals surface area contributed by atoms with E-state index >= 15 is 0 Å². The molecule has 2 N–H and O–H groups in total. The summed E-state index contributed by atoms with van der Waals surface area (Å²) in [6.07, 6.45) is 1.95. The maximum Gasteiger partial charge on any atom is 0.191 e. The first-order valence-electron chi connectivity index (χ1n) is 6.72. The summed E-state index contributed by atoms with van der Waals surface area (Å²) in [7, 11) is -3.13. The molecule has 120 valence electrons. The third-order valence-corrected chi connectivity index (χ3v) is 4.24. The van der Waals surface area contributed by atoms with Gasteiger partial charge in [-0.3, -0.25) is 4.99 Å². The molecule has 0 bridgehead atoms. The van der Waals surface area contributed by atoms with Crippen LogP contribution >= 0.6 is 24.0 Å². The van der Waals surface area contributed by atoms with Gasteiger partial charge in [-0.25, -0.2) is 8.42 Å². The van der Waals surface area contributed by atoms with E-state index in [1.54, 1.807) is 12.1 Å². The van der Waals surface area contributed by atoms with E-state index in [0.717, 1.165) is 25.1 Å². The van der Waals surface area contributed by atoms with E-state index in [0.29, 0.717) is 17.4 Å². The lowest BCUT2D eigenvalue weighted by molar-refractivity contribution is 0.458. The summed E-state index contributed by atoms with van der Waals surface area (Å²) in [5.74, 6) is 0.558. The van der Waals surface area contributed by atoms with Gasteiger partial charge in [0.1, 0.15) is 0 Å². The van der Waals surface area contributed by atoms with Crippen LogP contribution in [-0.4, -0.2) is 45.2 Å². The van der Waals surface area contributed by atoms with Gasteiger partial charge in [-0.05, 0) is 38.0 Å². The molecular weight excluding hydrogens is 401 g/mol. The molecule has 7 heteroatoms. The third-order valence-electron chi connectivity index (χ3n) is 3.11. The van der Waals surface area contributed by atoms with E-state index in [2.05, 4.69) is 4.99 Å². The van der Waals surface area contributed by atoms with Gasteiger partial charge in [0.05, 0.1) is 4.90 Å². The molecule has 0 atom stereocenters. The van der Waals surface area contributed by atoms with Crippen molar-refractivity contribution in [1.29, 1.82) is 0 Å². The van der Waals surface area contributed by atoms with Crippen LogP contribution in [0.5, 0.6) is 0 Å². The largest absolute Gasteiger partial charge is 0.370 e. The van der Waals surface area contributed by atoms with Crippen molar-refractivity contribution in [1.82, 2.24) is 4.90 Å². The van der Waals surface area contributed by atoms with E-state index < -0.39 is 9.84 Å². The maximum atomic E-state index is 11.3. The van der Waals surface area contributed by atoms with Crippen LogP contribution < -0.4 is 5.73 Å². The molecule has 0 unspecified atom stereocenters. The zero-order valence-electron chi connectivity index (χ0n) is 12.7. The lowest BCUT2D eigenvalue weighted by atomic mass is 10.1. The number of hydrogen-bond donors (Lipinski definition) is 1. The molecule has 0 radical (unpaired) electrons. The molecule has 1 rings (SSSR count). The predicted molar refractivity (Wildman–Crippen MR) is 98.1 cm³/mol. The number of benzene rings is 1. The fourth-order valence-electron chi connectivity index (χ4n) is 1.85. The van der Waals surface area contributed by atoms with Crippen LogP contribution in [0.15, 0.2) is 34.2 Å². The highest BCUT2D eigenvalue weighted by Crippen LogP contribution is 2.10. The van der Waals surface area contributed by atoms with Crippen LogP contribution in [0.3, 0.4) is 0 Å². The Morgan fingerprint density at radius 1 is 1.19 bits per heavy atom. The van der Waals surface area contributed by atoms with Crippen molar-refractivity contribution in [2.24, 2.45) is 10.7 Å². The molecule has 1 aromatic rings. The standard InChI is InChI=1S/C14H23N3O2S.HI/c1-4-17(5-2)14(15)16-11-10-12-6-8-13(9-7-12)20(3,18)19;/h6-9H,4-5,10-11H2,1-3H3,(H2,15,16);1H. The van der Waals surface area contributed by atoms with Gasteiger partial charge in [0.2, 0.25) is 0 Å².